The van der Waals surface area contributed by atoms with Crippen molar-refractivity contribution in [3.8, 4) is 0 Å². The highest BCUT2D eigenvalue weighted by atomic mass is 16.5. The van der Waals surface area contributed by atoms with E-state index in [0.29, 0.717) is 36.6 Å². The van der Waals surface area contributed by atoms with Gasteiger partial charge in [-0.3, -0.25) is 14.0 Å². The molecule has 0 fully saturated rings. The first-order valence-electron chi connectivity index (χ1n) is 9.81. The van der Waals surface area contributed by atoms with Gasteiger partial charge in [-0.2, -0.15) is 0 Å². The number of benzene rings is 1. The van der Waals surface area contributed by atoms with Crippen molar-refractivity contribution in [3.63, 3.8) is 0 Å². The van der Waals surface area contributed by atoms with Gasteiger partial charge < -0.3 is 9.64 Å². The van der Waals surface area contributed by atoms with Crippen molar-refractivity contribution >= 4 is 17.4 Å². The van der Waals surface area contributed by atoms with Gasteiger partial charge in [0, 0.05) is 24.9 Å². The lowest BCUT2D eigenvalue weighted by molar-refractivity contribution is -0.143. The van der Waals surface area contributed by atoms with Crippen LogP contribution in [0.15, 0.2) is 71.8 Å². The van der Waals surface area contributed by atoms with Crippen LogP contribution in [0.5, 0.6) is 0 Å². The molecule has 0 bridgehead atoms. The number of ether oxygens (including phenoxy) is 1. The second-order valence-corrected chi connectivity index (χ2v) is 7.02. The number of allylic oxidation sites excluding steroid dienone is 1. The molecule has 1 atom stereocenters. The van der Waals surface area contributed by atoms with Crippen LogP contribution in [0, 0.1) is 0 Å². The van der Waals surface area contributed by atoms with Gasteiger partial charge in [-0.1, -0.05) is 42.5 Å². The Morgan fingerprint density at radius 1 is 1.17 bits per heavy atom. The van der Waals surface area contributed by atoms with E-state index in [0.717, 1.165) is 5.56 Å². The third-order valence-electron chi connectivity index (χ3n) is 5.05. The molecule has 1 aliphatic rings. The van der Waals surface area contributed by atoms with E-state index in [4.69, 9.17) is 9.72 Å². The minimum absolute atomic E-state index is 0.137. The zero-order valence-electron chi connectivity index (χ0n) is 16.3. The van der Waals surface area contributed by atoms with Crippen LogP contribution < -0.4 is 10.5 Å². The highest BCUT2D eigenvalue weighted by Crippen LogP contribution is 2.33. The molecule has 3 aromatic rings. The summed E-state index contributed by atoms with van der Waals surface area (Å²) in [6.45, 7) is 2.69. The van der Waals surface area contributed by atoms with E-state index in [1.165, 1.54) is 0 Å². The number of anilines is 1. The van der Waals surface area contributed by atoms with Gasteiger partial charge in [0.1, 0.15) is 11.5 Å². The van der Waals surface area contributed by atoms with Gasteiger partial charge in [0.15, 0.2) is 0 Å². The zero-order chi connectivity index (χ0) is 20.2. The number of aromatic nitrogens is 2. The van der Waals surface area contributed by atoms with Crippen LogP contribution in [0.25, 0.3) is 5.65 Å². The molecule has 0 saturated carbocycles. The van der Waals surface area contributed by atoms with Crippen molar-refractivity contribution in [1.29, 1.82) is 0 Å². The fourth-order valence-corrected chi connectivity index (χ4v) is 3.72. The highest BCUT2D eigenvalue weighted by molar-refractivity contribution is 5.71. The Morgan fingerprint density at radius 2 is 1.97 bits per heavy atom. The van der Waals surface area contributed by atoms with Gasteiger partial charge in [-0.25, -0.2) is 4.98 Å². The minimum Gasteiger partial charge on any atom is -0.466 e. The Bertz CT molecular complexity index is 1110. The predicted octanol–water partition coefficient (Wildman–Crippen LogP) is 3.66. The standard InChI is InChI=1S/C23H23N3O3/c1-2-29-20(27)15-18-11-8-13-25(16-17-9-4-3-5-10-17)22-21(18)23(28)26-14-7-6-12-19(26)24-22/h3-10,12-14,18H,2,11,15-16H2,1H3/t18-/m1/s1. The predicted molar refractivity (Wildman–Crippen MR) is 112 cm³/mol. The van der Waals surface area contributed by atoms with E-state index in [9.17, 15) is 9.59 Å². The molecule has 6 heteroatoms. The molecule has 148 valence electrons. The van der Waals surface area contributed by atoms with Crippen molar-refractivity contribution in [1.82, 2.24) is 9.38 Å². The molecule has 6 nitrogen and oxygen atoms in total. The normalized spacial score (nSPS) is 15.8. The molecule has 29 heavy (non-hydrogen) atoms. The van der Waals surface area contributed by atoms with Crippen LogP contribution >= 0.6 is 0 Å². The molecule has 0 spiro atoms. The van der Waals surface area contributed by atoms with Gasteiger partial charge >= 0.3 is 5.97 Å². The SMILES string of the molecule is CCOC(=O)C[C@H]1CC=CN(Cc2ccccc2)c2nc3ccccn3c(=O)c21. The summed E-state index contributed by atoms with van der Waals surface area (Å²) in [4.78, 5) is 32.4. The van der Waals surface area contributed by atoms with Crippen molar-refractivity contribution < 1.29 is 9.53 Å². The molecule has 0 saturated heterocycles. The topological polar surface area (TPSA) is 63.9 Å². The lowest BCUT2D eigenvalue weighted by Crippen LogP contribution is -2.28. The summed E-state index contributed by atoms with van der Waals surface area (Å²) in [5.41, 5.74) is 2.12. The van der Waals surface area contributed by atoms with Crippen LogP contribution in [0.4, 0.5) is 5.82 Å². The summed E-state index contributed by atoms with van der Waals surface area (Å²) in [6.07, 6.45) is 6.41. The smallest absolute Gasteiger partial charge is 0.306 e. The second-order valence-electron chi connectivity index (χ2n) is 7.02. The molecule has 2 aromatic heterocycles. The number of hydrogen-bond acceptors (Lipinski definition) is 5. The lowest BCUT2D eigenvalue weighted by Gasteiger charge is -2.23. The number of carbonyl (C=O) groups excluding carboxylic acids is 1. The molecular weight excluding hydrogens is 366 g/mol. The Labute approximate surface area is 169 Å². The molecule has 1 aliphatic heterocycles. The molecule has 0 unspecified atom stereocenters. The summed E-state index contributed by atoms with van der Waals surface area (Å²) >= 11 is 0. The number of rotatable bonds is 5. The number of nitrogens with zero attached hydrogens (tertiary/aromatic N) is 3. The minimum atomic E-state index is -0.300. The fraction of sp³-hybridized carbons (Fsp3) is 0.261. The van der Waals surface area contributed by atoms with E-state index >= 15 is 0 Å². The zero-order valence-corrected chi connectivity index (χ0v) is 16.3. The quantitative estimate of drug-likeness (QED) is 0.623. The molecule has 0 aliphatic carbocycles. The molecule has 4 rings (SSSR count). The van der Waals surface area contributed by atoms with Crippen LogP contribution in [0.2, 0.25) is 0 Å². The number of fused-ring (bicyclic) bond motifs is 2. The Morgan fingerprint density at radius 3 is 2.76 bits per heavy atom. The van der Waals surface area contributed by atoms with Gasteiger partial charge in [0.25, 0.3) is 5.56 Å². The summed E-state index contributed by atoms with van der Waals surface area (Å²) < 4.78 is 6.69. The van der Waals surface area contributed by atoms with Crippen LogP contribution in [0.1, 0.15) is 36.8 Å². The average molecular weight is 389 g/mol. The molecule has 0 N–H and O–H groups in total. The molecule has 3 heterocycles. The third kappa shape index (κ3) is 3.92. The van der Waals surface area contributed by atoms with Gasteiger partial charge in [0.2, 0.25) is 0 Å². The highest BCUT2D eigenvalue weighted by Gasteiger charge is 2.28. The summed E-state index contributed by atoms with van der Waals surface area (Å²) in [5.74, 6) is 0.0252. The maximum Gasteiger partial charge on any atom is 0.306 e. The Kier molecular flexibility index (Phi) is 5.42. The molecular formula is C23H23N3O3. The summed E-state index contributed by atoms with van der Waals surface area (Å²) in [6, 6.07) is 15.5. The maximum atomic E-state index is 13.4. The van der Waals surface area contributed by atoms with E-state index < -0.39 is 0 Å². The van der Waals surface area contributed by atoms with E-state index in [1.807, 2.05) is 59.6 Å². The first-order chi connectivity index (χ1) is 14.2. The third-order valence-corrected chi connectivity index (χ3v) is 5.05. The van der Waals surface area contributed by atoms with Gasteiger partial charge in [0.05, 0.1) is 18.6 Å². The first-order valence-corrected chi connectivity index (χ1v) is 9.81. The average Bonchev–Trinajstić information content (AvgIpc) is 2.89. The van der Waals surface area contributed by atoms with Gasteiger partial charge in [-0.05, 0) is 31.0 Å². The summed E-state index contributed by atoms with van der Waals surface area (Å²) in [7, 11) is 0. The molecule has 0 amide bonds. The van der Waals surface area contributed by atoms with E-state index in [2.05, 4.69) is 0 Å². The van der Waals surface area contributed by atoms with Crippen molar-refractivity contribution in [2.24, 2.45) is 0 Å². The molecule has 1 aromatic carbocycles. The van der Waals surface area contributed by atoms with Crippen LogP contribution in [-0.2, 0) is 16.1 Å². The van der Waals surface area contributed by atoms with Crippen LogP contribution in [-0.4, -0.2) is 22.0 Å². The Balaban J connectivity index is 1.83. The molecule has 0 radical (unpaired) electrons. The van der Waals surface area contributed by atoms with Crippen LogP contribution in [0.3, 0.4) is 0 Å². The van der Waals surface area contributed by atoms with E-state index in [1.54, 1.807) is 23.6 Å². The Hall–Kier alpha value is -3.41. The van der Waals surface area contributed by atoms with Gasteiger partial charge in [-0.15, -0.1) is 0 Å². The summed E-state index contributed by atoms with van der Waals surface area (Å²) in [5, 5.41) is 0. The number of carbonyl (C=O) groups is 1. The van der Waals surface area contributed by atoms with Crippen molar-refractivity contribution in [2.45, 2.75) is 32.2 Å². The number of hydrogen-bond donors (Lipinski definition) is 0. The monoisotopic (exact) mass is 389 g/mol. The van der Waals surface area contributed by atoms with Crippen molar-refractivity contribution in [2.75, 3.05) is 11.5 Å². The lowest BCUT2D eigenvalue weighted by atomic mass is 9.94. The largest absolute Gasteiger partial charge is 0.466 e. The van der Waals surface area contributed by atoms with Crippen molar-refractivity contribution in [3.05, 3.63) is 88.5 Å². The second kappa shape index (κ2) is 8.31. The maximum absolute atomic E-state index is 13.4. The fourth-order valence-electron chi connectivity index (χ4n) is 3.72. The number of esters is 1. The van der Waals surface area contributed by atoms with E-state index in [-0.39, 0.29) is 23.9 Å². The first kappa shape index (κ1) is 18.9. The number of pyridine rings is 1.